The molecule has 3 heteroatoms. The van der Waals surface area contributed by atoms with Crippen molar-refractivity contribution in [2.45, 2.75) is 13.3 Å². The molecule has 3 nitrogen and oxygen atoms in total. The van der Waals surface area contributed by atoms with E-state index in [0.29, 0.717) is 11.5 Å². The summed E-state index contributed by atoms with van der Waals surface area (Å²) in [6.07, 6.45) is 10.6. The second-order valence-electron chi connectivity index (χ2n) is 3.08. The smallest absolute Gasteiger partial charge is 0.106 e. The van der Waals surface area contributed by atoms with Crippen LogP contribution in [0.3, 0.4) is 0 Å². The predicted molar refractivity (Wildman–Crippen MR) is 56.0 cm³/mol. The van der Waals surface area contributed by atoms with Crippen molar-refractivity contribution >= 4 is 5.84 Å². The minimum absolute atomic E-state index is 0.223. The molecule has 0 aromatic heterocycles. The van der Waals surface area contributed by atoms with E-state index in [9.17, 15) is 0 Å². The first-order valence-electron chi connectivity index (χ1n) is 4.29. The second-order valence-corrected chi connectivity index (χ2v) is 3.08. The maximum Gasteiger partial charge on any atom is 0.106 e. The number of hydrogen-bond donors (Lipinski definition) is 2. The van der Waals surface area contributed by atoms with Gasteiger partial charge in [-0.1, -0.05) is 24.3 Å². The number of allylic oxidation sites excluding steroid dienone is 4. The van der Waals surface area contributed by atoms with Gasteiger partial charge >= 0.3 is 0 Å². The van der Waals surface area contributed by atoms with Crippen LogP contribution in [0.15, 0.2) is 41.2 Å². The van der Waals surface area contributed by atoms with Crippen LogP contribution in [-0.2, 0) is 0 Å². The van der Waals surface area contributed by atoms with Gasteiger partial charge in [0.2, 0.25) is 0 Å². The van der Waals surface area contributed by atoms with E-state index in [2.05, 4.69) is 11.1 Å². The normalized spacial score (nSPS) is 23.6. The molecular weight excluding hydrogens is 162 g/mol. The molecule has 0 saturated carbocycles. The summed E-state index contributed by atoms with van der Waals surface area (Å²) in [6, 6.07) is 0. The Labute approximate surface area is 78.5 Å². The quantitative estimate of drug-likeness (QED) is 0.493. The fraction of sp³-hybridized carbons (Fsp3) is 0.300. The van der Waals surface area contributed by atoms with Crippen LogP contribution in [0.4, 0.5) is 0 Å². The van der Waals surface area contributed by atoms with Gasteiger partial charge in [0.05, 0.1) is 0 Å². The summed E-state index contributed by atoms with van der Waals surface area (Å²) in [7, 11) is 0. The molecule has 0 aromatic rings. The van der Waals surface area contributed by atoms with Crippen LogP contribution < -0.4 is 11.5 Å². The number of nitrogens with zero attached hydrogens (tertiary/aromatic N) is 1. The van der Waals surface area contributed by atoms with E-state index >= 15 is 0 Å². The van der Waals surface area contributed by atoms with E-state index in [0.717, 1.165) is 6.42 Å². The average molecular weight is 177 g/mol. The maximum atomic E-state index is 5.76. The van der Waals surface area contributed by atoms with Crippen LogP contribution in [0, 0.1) is 5.92 Å². The summed E-state index contributed by atoms with van der Waals surface area (Å²) in [6.45, 7) is 1.79. The molecule has 0 radical (unpaired) electrons. The van der Waals surface area contributed by atoms with Crippen LogP contribution in [0.2, 0.25) is 0 Å². The zero-order valence-corrected chi connectivity index (χ0v) is 7.77. The summed E-state index contributed by atoms with van der Waals surface area (Å²) in [5.41, 5.74) is 11.9. The molecule has 1 atom stereocenters. The van der Waals surface area contributed by atoms with Gasteiger partial charge in [-0.2, -0.15) is 0 Å². The lowest BCUT2D eigenvalue weighted by atomic mass is 10.00. The van der Waals surface area contributed by atoms with Gasteiger partial charge in [-0.25, -0.2) is 4.99 Å². The zero-order chi connectivity index (χ0) is 9.68. The Morgan fingerprint density at radius 1 is 1.46 bits per heavy atom. The highest BCUT2D eigenvalue weighted by Crippen LogP contribution is 2.11. The molecular formula is C10H15N3. The van der Waals surface area contributed by atoms with Crippen molar-refractivity contribution in [3.8, 4) is 0 Å². The molecule has 1 rings (SSSR count). The first-order chi connectivity index (χ1) is 6.20. The summed E-state index contributed by atoms with van der Waals surface area (Å²) in [5, 5.41) is 0. The van der Waals surface area contributed by atoms with Gasteiger partial charge in [0.25, 0.3) is 0 Å². The lowest BCUT2D eigenvalue weighted by Gasteiger charge is -2.10. The Hall–Kier alpha value is -1.51. The molecule has 0 saturated heterocycles. The number of nitrogens with two attached hydrogens (primary N) is 2. The standard InChI is InChI=1S/C10H15N3/c1-8(11)7-13-10(12)9-5-3-2-4-6-9/h2-5,7,9H,6,11H2,1H3,(H2,12,13)/b8-7-. The lowest BCUT2D eigenvalue weighted by molar-refractivity contribution is 0.858. The van der Waals surface area contributed by atoms with E-state index in [-0.39, 0.29) is 5.92 Å². The van der Waals surface area contributed by atoms with Crippen LogP contribution in [0.1, 0.15) is 13.3 Å². The highest BCUT2D eigenvalue weighted by molar-refractivity contribution is 5.85. The van der Waals surface area contributed by atoms with Crippen LogP contribution in [-0.4, -0.2) is 5.84 Å². The van der Waals surface area contributed by atoms with Crippen molar-refractivity contribution in [3.05, 3.63) is 36.2 Å². The SMILES string of the molecule is C/C(N)=C/N=C(N)C1C=CC=CC1. The van der Waals surface area contributed by atoms with Gasteiger partial charge in [-0.3, -0.25) is 0 Å². The Kier molecular flexibility index (Phi) is 3.31. The number of rotatable bonds is 2. The molecule has 0 amide bonds. The first-order valence-corrected chi connectivity index (χ1v) is 4.29. The highest BCUT2D eigenvalue weighted by Gasteiger charge is 2.08. The molecule has 0 fully saturated rings. The van der Waals surface area contributed by atoms with Crippen LogP contribution in [0.25, 0.3) is 0 Å². The fourth-order valence-corrected chi connectivity index (χ4v) is 1.07. The van der Waals surface area contributed by atoms with E-state index in [1.165, 1.54) is 0 Å². The van der Waals surface area contributed by atoms with Crippen molar-refractivity contribution in [1.82, 2.24) is 0 Å². The molecule has 1 aliphatic rings. The topological polar surface area (TPSA) is 64.4 Å². The van der Waals surface area contributed by atoms with E-state index in [1.54, 1.807) is 13.1 Å². The largest absolute Gasteiger partial charge is 0.401 e. The molecule has 1 unspecified atom stereocenters. The number of amidine groups is 1. The minimum atomic E-state index is 0.223. The highest BCUT2D eigenvalue weighted by atomic mass is 14.9. The van der Waals surface area contributed by atoms with Crippen molar-refractivity contribution in [2.75, 3.05) is 0 Å². The van der Waals surface area contributed by atoms with Gasteiger partial charge in [-0.05, 0) is 13.3 Å². The molecule has 1 aliphatic carbocycles. The maximum absolute atomic E-state index is 5.76. The molecule has 0 bridgehead atoms. The summed E-state index contributed by atoms with van der Waals surface area (Å²) in [5.74, 6) is 0.839. The monoisotopic (exact) mass is 177 g/mol. The van der Waals surface area contributed by atoms with E-state index in [4.69, 9.17) is 11.5 Å². The lowest BCUT2D eigenvalue weighted by Crippen LogP contribution is -2.22. The van der Waals surface area contributed by atoms with Gasteiger partial charge in [0.1, 0.15) is 5.84 Å². The van der Waals surface area contributed by atoms with Crippen LogP contribution >= 0.6 is 0 Å². The molecule has 4 N–H and O–H groups in total. The molecule has 13 heavy (non-hydrogen) atoms. The predicted octanol–water partition coefficient (Wildman–Crippen LogP) is 1.30. The zero-order valence-electron chi connectivity index (χ0n) is 7.77. The third-order valence-corrected chi connectivity index (χ3v) is 1.78. The third-order valence-electron chi connectivity index (χ3n) is 1.78. The molecule has 0 heterocycles. The Morgan fingerprint density at radius 2 is 2.23 bits per heavy atom. The average Bonchev–Trinajstić information content (AvgIpc) is 2.15. The van der Waals surface area contributed by atoms with Crippen molar-refractivity contribution in [3.63, 3.8) is 0 Å². The van der Waals surface area contributed by atoms with E-state index in [1.807, 2.05) is 18.2 Å². The van der Waals surface area contributed by atoms with Gasteiger partial charge < -0.3 is 11.5 Å². The Bertz CT molecular complexity index is 281. The number of hydrogen-bond acceptors (Lipinski definition) is 2. The Balaban J connectivity index is 2.62. The Morgan fingerprint density at radius 3 is 2.77 bits per heavy atom. The fourth-order valence-electron chi connectivity index (χ4n) is 1.07. The van der Waals surface area contributed by atoms with E-state index < -0.39 is 0 Å². The second kappa shape index (κ2) is 4.50. The number of aliphatic imine (C=N–C) groups is 1. The minimum Gasteiger partial charge on any atom is -0.401 e. The first kappa shape index (κ1) is 9.58. The third kappa shape index (κ3) is 3.15. The van der Waals surface area contributed by atoms with Gasteiger partial charge in [0.15, 0.2) is 0 Å². The van der Waals surface area contributed by atoms with Crippen molar-refractivity contribution in [2.24, 2.45) is 22.4 Å². The molecule has 0 aromatic carbocycles. The van der Waals surface area contributed by atoms with Gasteiger partial charge in [0, 0.05) is 17.8 Å². The summed E-state index contributed by atoms with van der Waals surface area (Å²) < 4.78 is 0. The molecule has 0 aliphatic heterocycles. The molecule has 70 valence electrons. The van der Waals surface area contributed by atoms with Crippen LogP contribution in [0.5, 0.6) is 0 Å². The van der Waals surface area contributed by atoms with Crippen molar-refractivity contribution in [1.29, 1.82) is 0 Å². The molecule has 0 spiro atoms. The summed E-state index contributed by atoms with van der Waals surface area (Å²) >= 11 is 0. The summed E-state index contributed by atoms with van der Waals surface area (Å²) in [4.78, 5) is 4.07. The van der Waals surface area contributed by atoms with Gasteiger partial charge in [-0.15, -0.1) is 0 Å². The van der Waals surface area contributed by atoms with Crippen molar-refractivity contribution < 1.29 is 0 Å².